The summed E-state index contributed by atoms with van der Waals surface area (Å²) in [6.07, 6.45) is 1.78. The van der Waals surface area contributed by atoms with Crippen LogP contribution in [-0.2, 0) is 20.1 Å². The fourth-order valence-electron chi connectivity index (χ4n) is 2.57. The molecule has 2 rings (SSSR count). The molecule has 0 bridgehead atoms. The molecule has 0 saturated carbocycles. The van der Waals surface area contributed by atoms with Crippen molar-refractivity contribution in [3.63, 3.8) is 0 Å². The number of hydrogen-bond donors (Lipinski definition) is 2. The van der Waals surface area contributed by atoms with E-state index in [-0.39, 0.29) is 24.0 Å². The molecule has 156 valence electrons. The second kappa shape index (κ2) is 12.3. The maximum atomic E-state index is 5.64. The van der Waals surface area contributed by atoms with Gasteiger partial charge < -0.3 is 24.8 Å². The van der Waals surface area contributed by atoms with Crippen LogP contribution in [0.2, 0.25) is 0 Å². The highest BCUT2D eigenvalue weighted by Crippen LogP contribution is 2.38. The number of aromatic nitrogens is 2. The second-order valence-corrected chi connectivity index (χ2v) is 5.76. The molecule has 0 fully saturated rings. The van der Waals surface area contributed by atoms with Crippen LogP contribution in [0.25, 0.3) is 0 Å². The average Bonchev–Trinajstić information content (AvgIpc) is 3.09. The molecule has 1 aromatic heterocycles. The lowest BCUT2D eigenvalue weighted by Gasteiger charge is -2.15. The summed E-state index contributed by atoms with van der Waals surface area (Å²) in [5, 5.41) is 10.7. The van der Waals surface area contributed by atoms with Crippen molar-refractivity contribution in [3.05, 3.63) is 35.7 Å². The molecule has 0 amide bonds. The molecular weight excluding hydrogens is 473 g/mol. The third kappa shape index (κ3) is 6.47. The molecule has 0 aliphatic heterocycles. The Morgan fingerprint density at radius 3 is 2.32 bits per heavy atom. The Morgan fingerprint density at radius 2 is 1.82 bits per heavy atom. The highest BCUT2D eigenvalue weighted by molar-refractivity contribution is 14.0. The topological polar surface area (TPSA) is 81.9 Å². The summed E-state index contributed by atoms with van der Waals surface area (Å²) in [4.78, 5) is 4.65. The maximum absolute atomic E-state index is 5.64. The molecule has 0 aliphatic carbocycles. The summed E-state index contributed by atoms with van der Waals surface area (Å²) in [7, 11) is 5.15. The predicted molar refractivity (Wildman–Crippen MR) is 121 cm³/mol. The molecule has 1 aromatic carbocycles. The van der Waals surface area contributed by atoms with E-state index >= 15 is 0 Å². The lowest BCUT2D eigenvalue weighted by atomic mass is 10.2. The van der Waals surface area contributed by atoms with Crippen molar-refractivity contribution in [3.8, 4) is 17.2 Å². The Morgan fingerprint density at radius 1 is 1.14 bits per heavy atom. The van der Waals surface area contributed by atoms with Crippen molar-refractivity contribution in [1.82, 2.24) is 20.4 Å². The van der Waals surface area contributed by atoms with E-state index in [4.69, 9.17) is 14.2 Å². The van der Waals surface area contributed by atoms with Crippen LogP contribution in [0, 0.1) is 0 Å². The zero-order chi connectivity index (χ0) is 19.6. The predicted octanol–water partition coefficient (Wildman–Crippen LogP) is 2.71. The van der Waals surface area contributed by atoms with Crippen LogP contribution in [0.4, 0.5) is 0 Å². The Kier molecular flexibility index (Phi) is 10.5. The normalized spacial score (nSPS) is 10.8. The zero-order valence-electron chi connectivity index (χ0n) is 17.1. The zero-order valence-corrected chi connectivity index (χ0v) is 19.4. The number of halogens is 1. The van der Waals surface area contributed by atoms with E-state index in [1.165, 1.54) is 0 Å². The molecule has 0 aliphatic rings. The molecule has 2 N–H and O–H groups in total. The van der Waals surface area contributed by atoms with Crippen molar-refractivity contribution in [1.29, 1.82) is 0 Å². The number of rotatable bonds is 9. The first-order valence-electron chi connectivity index (χ1n) is 8.99. The summed E-state index contributed by atoms with van der Waals surface area (Å²) in [6, 6.07) is 5.81. The number of benzene rings is 1. The Balaban J connectivity index is 0.00000392. The smallest absolute Gasteiger partial charge is 0.203 e. The molecule has 0 spiro atoms. The van der Waals surface area contributed by atoms with E-state index in [1.54, 1.807) is 20.4 Å². The quantitative estimate of drug-likeness (QED) is 0.311. The largest absolute Gasteiger partial charge is 0.493 e. The molecule has 0 radical (unpaired) electrons. The summed E-state index contributed by atoms with van der Waals surface area (Å²) in [5.74, 6) is 2.60. The molecule has 1 heterocycles. The van der Waals surface area contributed by atoms with Gasteiger partial charge in [0, 0.05) is 19.8 Å². The van der Waals surface area contributed by atoms with E-state index < -0.39 is 0 Å². The van der Waals surface area contributed by atoms with Crippen LogP contribution < -0.4 is 24.8 Å². The summed E-state index contributed by atoms with van der Waals surface area (Å²) < 4.78 is 18.4. The highest BCUT2D eigenvalue weighted by atomic mass is 127. The highest BCUT2D eigenvalue weighted by Gasteiger charge is 2.14. The van der Waals surface area contributed by atoms with Gasteiger partial charge in [-0.15, -0.1) is 24.0 Å². The number of ether oxygens (including phenoxy) is 3. The lowest BCUT2D eigenvalue weighted by Crippen LogP contribution is -2.37. The van der Waals surface area contributed by atoms with Gasteiger partial charge in [-0.3, -0.25) is 4.68 Å². The molecule has 28 heavy (non-hydrogen) atoms. The molecule has 0 unspecified atom stereocenters. The van der Waals surface area contributed by atoms with Gasteiger partial charge in [-0.05, 0) is 37.6 Å². The fraction of sp³-hybridized carbons (Fsp3) is 0.474. The van der Waals surface area contributed by atoms with Crippen LogP contribution in [-0.4, -0.2) is 43.1 Å². The van der Waals surface area contributed by atoms with Crippen LogP contribution in [0.15, 0.2) is 29.4 Å². The third-order valence-electron chi connectivity index (χ3n) is 3.93. The summed E-state index contributed by atoms with van der Waals surface area (Å²) in [6.45, 7) is 6.37. The van der Waals surface area contributed by atoms with Crippen molar-refractivity contribution in [2.45, 2.75) is 26.9 Å². The number of guanidine groups is 1. The summed E-state index contributed by atoms with van der Waals surface area (Å²) in [5.41, 5.74) is 2.04. The number of methoxy groups -OCH3 is 2. The molecule has 8 nitrogen and oxygen atoms in total. The minimum Gasteiger partial charge on any atom is -0.493 e. The first kappa shape index (κ1) is 23.9. The van der Waals surface area contributed by atoms with E-state index in [9.17, 15) is 0 Å². The number of hydrogen-bond acceptors (Lipinski definition) is 5. The van der Waals surface area contributed by atoms with Gasteiger partial charge in [0.2, 0.25) is 5.75 Å². The van der Waals surface area contributed by atoms with Gasteiger partial charge in [-0.1, -0.05) is 0 Å². The van der Waals surface area contributed by atoms with Gasteiger partial charge in [-0.25, -0.2) is 4.99 Å². The van der Waals surface area contributed by atoms with Crippen molar-refractivity contribution in [2.24, 2.45) is 12.0 Å². The molecular formula is C19H30IN5O3. The van der Waals surface area contributed by atoms with Gasteiger partial charge >= 0.3 is 0 Å². The Hall–Kier alpha value is -2.17. The number of nitrogens with one attached hydrogen (secondary N) is 2. The van der Waals surface area contributed by atoms with E-state index in [0.717, 1.165) is 23.8 Å². The van der Waals surface area contributed by atoms with Gasteiger partial charge in [0.25, 0.3) is 0 Å². The molecule has 0 atom stereocenters. The number of nitrogens with zero attached hydrogens (tertiary/aromatic N) is 3. The van der Waals surface area contributed by atoms with E-state index in [0.29, 0.717) is 36.9 Å². The molecule has 2 aromatic rings. The van der Waals surface area contributed by atoms with Gasteiger partial charge in [0.1, 0.15) is 0 Å². The van der Waals surface area contributed by atoms with E-state index in [1.807, 2.05) is 43.8 Å². The van der Waals surface area contributed by atoms with Crippen molar-refractivity contribution in [2.75, 3.05) is 27.4 Å². The molecule has 0 saturated heterocycles. The first-order valence-corrected chi connectivity index (χ1v) is 8.99. The fourth-order valence-corrected chi connectivity index (χ4v) is 2.57. The Bertz CT molecular complexity index is 739. The van der Waals surface area contributed by atoms with Gasteiger partial charge in [0.05, 0.1) is 39.6 Å². The van der Waals surface area contributed by atoms with Crippen LogP contribution >= 0.6 is 24.0 Å². The lowest BCUT2D eigenvalue weighted by molar-refractivity contribution is 0.288. The van der Waals surface area contributed by atoms with Crippen molar-refractivity contribution >= 4 is 29.9 Å². The minimum atomic E-state index is 0. The van der Waals surface area contributed by atoms with Crippen molar-refractivity contribution < 1.29 is 14.2 Å². The maximum Gasteiger partial charge on any atom is 0.203 e. The minimum absolute atomic E-state index is 0. The van der Waals surface area contributed by atoms with Gasteiger partial charge in [0.15, 0.2) is 17.5 Å². The Labute approximate surface area is 183 Å². The monoisotopic (exact) mass is 503 g/mol. The van der Waals surface area contributed by atoms with E-state index in [2.05, 4.69) is 20.7 Å². The van der Waals surface area contributed by atoms with Crippen LogP contribution in [0.5, 0.6) is 17.2 Å². The second-order valence-electron chi connectivity index (χ2n) is 5.76. The average molecular weight is 503 g/mol. The standard InChI is InChI=1S/C19H29N5O3.HI/c1-6-20-19(22-13-15-8-9-23-24(15)3)21-12-14-10-16(25-4)18(27-7-2)17(11-14)26-5;/h8-11H,6-7,12-13H2,1-5H3,(H2,20,21,22);1H. The summed E-state index contributed by atoms with van der Waals surface area (Å²) >= 11 is 0. The third-order valence-corrected chi connectivity index (χ3v) is 3.93. The number of aliphatic imine (C=N–C) groups is 1. The van der Waals surface area contributed by atoms with Crippen LogP contribution in [0.3, 0.4) is 0 Å². The molecule has 9 heteroatoms. The van der Waals surface area contributed by atoms with Gasteiger partial charge in [-0.2, -0.15) is 5.10 Å². The van der Waals surface area contributed by atoms with Crippen LogP contribution in [0.1, 0.15) is 25.1 Å². The number of aryl methyl sites for hydroxylation is 1. The SMILES string of the molecule is CCNC(=NCc1cc(OC)c(OCC)c(OC)c1)NCc1ccnn1C.I. The first-order chi connectivity index (χ1) is 13.1.